The van der Waals surface area contributed by atoms with Gasteiger partial charge in [-0.15, -0.1) is 37.2 Å². The van der Waals surface area contributed by atoms with Crippen molar-refractivity contribution in [2.24, 2.45) is 5.73 Å². The maximum Gasteiger partial charge on any atom is 0.122 e. The Morgan fingerprint density at radius 1 is 0.944 bits per heavy atom. The molecule has 4 rings (SSSR count). The van der Waals surface area contributed by atoms with Crippen molar-refractivity contribution in [3.8, 4) is 5.75 Å². The van der Waals surface area contributed by atoms with Gasteiger partial charge in [-0.3, -0.25) is 5.41 Å². The molecular formula is C28H35Cl3N4O. The molecule has 0 aromatic heterocycles. The number of nitrogens with one attached hydrogen (secondary N) is 2. The SMILES string of the molecule is Cl.Cl.Cl.N=C(N)c1cccc(C=CCN(Cc2ccccc2)c2ccc(OC3CCNCC3)cc2)c1. The Morgan fingerprint density at radius 2 is 1.64 bits per heavy atom. The van der Waals surface area contributed by atoms with Gasteiger partial charge in [0.15, 0.2) is 0 Å². The Hall–Kier alpha value is -2.70. The molecule has 36 heavy (non-hydrogen) atoms. The van der Waals surface area contributed by atoms with Gasteiger partial charge in [0.2, 0.25) is 0 Å². The molecule has 4 N–H and O–H groups in total. The van der Waals surface area contributed by atoms with E-state index in [1.807, 2.05) is 30.3 Å². The van der Waals surface area contributed by atoms with Crippen LogP contribution in [0.25, 0.3) is 6.08 Å². The zero-order valence-electron chi connectivity index (χ0n) is 20.1. The summed E-state index contributed by atoms with van der Waals surface area (Å²) in [5.41, 5.74) is 9.82. The third-order valence-corrected chi connectivity index (χ3v) is 5.84. The topological polar surface area (TPSA) is 74.4 Å². The predicted molar refractivity (Wildman–Crippen MR) is 159 cm³/mol. The van der Waals surface area contributed by atoms with E-state index in [0.717, 1.165) is 61.6 Å². The van der Waals surface area contributed by atoms with E-state index in [9.17, 15) is 0 Å². The molecule has 0 unspecified atom stereocenters. The van der Waals surface area contributed by atoms with E-state index in [1.54, 1.807) is 0 Å². The normalized spacial score (nSPS) is 13.1. The molecule has 0 aliphatic carbocycles. The molecule has 194 valence electrons. The van der Waals surface area contributed by atoms with Crippen molar-refractivity contribution in [3.05, 3.63) is 102 Å². The number of hydrogen-bond acceptors (Lipinski definition) is 4. The van der Waals surface area contributed by atoms with Crippen LogP contribution < -0.4 is 20.7 Å². The zero-order chi connectivity index (χ0) is 22.9. The summed E-state index contributed by atoms with van der Waals surface area (Å²) in [6.07, 6.45) is 6.64. The number of amidine groups is 1. The highest BCUT2D eigenvalue weighted by Crippen LogP contribution is 2.23. The Bertz CT molecular complexity index is 1070. The lowest BCUT2D eigenvalue weighted by Gasteiger charge is -2.26. The van der Waals surface area contributed by atoms with Crippen LogP contribution in [0.3, 0.4) is 0 Å². The lowest BCUT2D eigenvalue weighted by atomic mass is 10.1. The number of nitrogen functional groups attached to an aromatic ring is 1. The molecule has 0 spiro atoms. The molecule has 0 radical (unpaired) electrons. The molecule has 3 aromatic carbocycles. The van der Waals surface area contributed by atoms with E-state index in [4.69, 9.17) is 15.9 Å². The van der Waals surface area contributed by atoms with Crippen LogP contribution in [-0.4, -0.2) is 31.6 Å². The molecule has 0 amide bonds. The molecule has 1 heterocycles. The van der Waals surface area contributed by atoms with Gasteiger partial charge in [-0.2, -0.15) is 0 Å². The number of ether oxygens (including phenoxy) is 1. The molecular weight excluding hydrogens is 515 g/mol. The minimum atomic E-state index is 0. The number of piperidine rings is 1. The minimum absolute atomic E-state index is 0. The number of anilines is 1. The fourth-order valence-electron chi connectivity index (χ4n) is 4.03. The Kier molecular flexibility index (Phi) is 14.0. The summed E-state index contributed by atoms with van der Waals surface area (Å²) in [7, 11) is 0. The van der Waals surface area contributed by atoms with Crippen molar-refractivity contribution in [3.63, 3.8) is 0 Å². The molecule has 1 aliphatic rings. The summed E-state index contributed by atoms with van der Waals surface area (Å²) in [5, 5.41) is 11.0. The fraction of sp³-hybridized carbons (Fsp3) is 0.250. The molecule has 0 bridgehead atoms. The lowest BCUT2D eigenvalue weighted by molar-refractivity contribution is 0.162. The molecule has 0 atom stereocenters. The standard InChI is InChI=1S/C28H32N4O.3ClH/c29-28(30)24-10-4-8-22(20-24)9-5-19-32(21-23-6-2-1-3-7-23)25-11-13-26(14-12-25)33-27-15-17-31-18-16-27;;;/h1-14,20,27,31H,15-19,21H2,(H3,29,30);3*1H. The van der Waals surface area contributed by atoms with E-state index >= 15 is 0 Å². The van der Waals surface area contributed by atoms with Gasteiger partial charge in [0.25, 0.3) is 0 Å². The quantitative estimate of drug-likeness (QED) is 0.223. The first-order chi connectivity index (χ1) is 16.2. The second-order valence-electron chi connectivity index (χ2n) is 8.37. The van der Waals surface area contributed by atoms with Gasteiger partial charge >= 0.3 is 0 Å². The van der Waals surface area contributed by atoms with Gasteiger partial charge in [0.1, 0.15) is 17.7 Å². The van der Waals surface area contributed by atoms with Crippen molar-refractivity contribution in [1.82, 2.24) is 5.32 Å². The van der Waals surface area contributed by atoms with E-state index in [2.05, 4.69) is 70.9 Å². The number of nitrogens with two attached hydrogens (primary N) is 1. The summed E-state index contributed by atoms with van der Waals surface area (Å²) in [6, 6.07) is 26.7. The van der Waals surface area contributed by atoms with Crippen molar-refractivity contribution < 1.29 is 4.74 Å². The Morgan fingerprint density at radius 3 is 2.31 bits per heavy atom. The smallest absolute Gasteiger partial charge is 0.122 e. The van der Waals surface area contributed by atoms with Crippen LogP contribution in [0.5, 0.6) is 5.75 Å². The van der Waals surface area contributed by atoms with Crippen LogP contribution in [0.4, 0.5) is 5.69 Å². The molecule has 1 saturated heterocycles. The monoisotopic (exact) mass is 548 g/mol. The molecule has 3 aromatic rings. The summed E-state index contributed by atoms with van der Waals surface area (Å²) >= 11 is 0. The average molecular weight is 550 g/mol. The Labute approximate surface area is 232 Å². The van der Waals surface area contributed by atoms with Gasteiger partial charge in [0, 0.05) is 24.3 Å². The van der Waals surface area contributed by atoms with E-state index in [0.29, 0.717) is 6.10 Å². The lowest BCUT2D eigenvalue weighted by Crippen LogP contribution is -2.34. The van der Waals surface area contributed by atoms with Crippen molar-refractivity contribution in [1.29, 1.82) is 5.41 Å². The summed E-state index contributed by atoms with van der Waals surface area (Å²) in [5.74, 6) is 1.02. The first-order valence-corrected chi connectivity index (χ1v) is 11.5. The first-order valence-electron chi connectivity index (χ1n) is 11.5. The number of halogens is 3. The molecule has 1 fully saturated rings. The first kappa shape index (κ1) is 31.3. The van der Waals surface area contributed by atoms with Crippen LogP contribution >= 0.6 is 37.2 Å². The van der Waals surface area contributed by atoms with Crippen molar-refractivity contribution in [2.45, 2.75) is 25.5 Å². The average Bonchev–Trinajstić information content (AvgIpc) is 2.85. The molecule has 1 aliphatic heterocycles. The van der Waals surface area contributed by atoms with Crippen LogP contribution in [0.1, 0.15) is 29.5 Å². The number of hydrogen-bond donors (Lipinski definition) is 3. The highest BCUT2D eigenvalue weighted by molar-refractivity contribution is 5.95. The second kappa shape index (κ2) is 16.1. The van der Waals surface area contributed by atoms with Crippen LogP contribution in [-0.2, 0) is 6.54 Å². The number of benzene rings is 3. The summed E-state index contributed by atoms with van der Waals surface area (Å²) in [4.78, 5) is 2.34. The van der Waals surface area contributed by atoms with E-state index in [-0.39, 0.29) is 43.1 Å². The minimum Gasteiger partial charge on any atom is -0.490 e. The van der Waals surface area contributed by atoms with Crippen LogP contribution in [0.15, 0.2) is 84.9 Å². The van der Waals surface area contributed by atoms with Crippen molar-refractivity contribution >= 4 is 54.8 Å². The highest BCUT2D eigenvalue weighted by atomic mass is 35.5. The number of nitrogens with zero attached hydrogens (tertiary/aromatic N) is 1. The van der Waals surface area contributed by atoms with Crippen LogP contribution in [0, 0.1) is 5.41 Å². The third kappa shape index (κ3) is 9.40. The maximum absolute atomic E-state index is 7.65. The fourth-order valence-corrected chi connectivity index (χ4v) is 4.03. The highest BCUT2D eigenvalue weighted by Gasteiger charge is 2.14. The molecule has 0 saturated carbocycles. The second-order valence-corrected chi connectivity index (χ2v) is 8.37. The number of rotatable bonds is 9. The van der Waals surface area contributed by atoms with Gasteiger partial charge in [0.05, 0.1) is 0 Å². The van der Waals surface area contributed by atoms with E-state index in [1.165, 1.54) is 5.56 Å². The van der Waals surface area contributed by atoms with E-state index < -0.39 is 0 Å². The van der Waals surface area contributed by atoms with Gasteiger partial charge in [-0.1, -0.05) is 60.7 Å². The van der Waals surface area contributed by atoms with Crippen molar-refractivity contribution in [2.75, 3.05) is 24.5 Å². The Balaban J connectivity index is 0.00000216. The van der Waals surface area contributed by atoms with Gasteiger partial charge in [-0.25, -0.2) is 0 Å². The van der Waals surface area contributed by atoms with Crippen LogP contribution in [0.2, 0.25) is 0 Å². The summed E-state index contributed by atoms with van der Waals surface area (Å²) < 4.78 is 6.18. The third-order valence-electron chi connectivity index (χ3n) is 5.84. The van der Waals surface area contributed by atoms with Gasteiger partial charge in [-0.05, 0) is 67.4 Å². The molecule has 8 heteroatoms. The molecule has 5 nitrogen and oxygen atoms in total. The predicted octanol–water partition coefficient (Wildman–Crippen LogP) is 6.09. The largest absolute Gasteiger partial charge is 0.490 e. The summed E-state index contributed by atoms with van der Waals surface area (Å²) in [6.45, 7) is 3.62. The zero-order valence-corrected chi connectivity index (χ0v) is 22.6. The maximum atomic E-state index is 7.65. The van der Waals surface area contributed by atoms with Gasteiger partial charge < -0.3 is 20.7 Å².